The summed E-state index contributed by atoms with van der Waals surface area (Å²) in [4.78, 5) is 24.9. The number of carbonyl (C=O) groups excluding carboxylic acids is 2. The minimum absolute atomic E-state index is 0.109. The molecule has 3 aromatic rings. The minimum atomic E-state index is -5.18. The molecule has 0 aliphatic rings. The van der Waals surface area contributed by atoms with Gasteiger partial charge < -0.3 is 10.1 Å². The van der Waals surface area contributed by atoms with Crippen LogP contribution in [0.15, 0.2) is 30.3 Å². The molecule has 0 spiro atoms. The molecule has 168 valence electrons. The number of anilines is 2. The smallest absolute Gasteiger partial charge is 0.404 e. The van der Waals surface area contributed by atoms with E-state index in [1.165, 1.54) is 7.05 Å². The van der Waals surface area contributed by atoms with Gasteiger partial charge in [0, 0.05) is 18.7 Å². The number of nitrogens with zero attached hydrogens (tertiary/aromatic N) is 4. The quantitative estimate of drug-likeness (QED) is 0.545. The fourth-order valence-corrected chi connectivity index (χ4v) is 2.72. The summed E-state index contributed by atoms with van der Waals surface area (Å²) in [5.74, 6) is -5.42. The fourth-order valence-electron chi connectivity index (χ4n) is 2.43. The van der Waals surface area contributed by atoms with Gasteiger partial charge in [0.2, 0.25) is 5.95 Å². The molecule has 2 aromatic carbocycles. The first-order chi connectivity index (χ1) is 14.9. The van der Waals surface area contributed by atoms with Crippen LogP contribution in [0, 0.1) is 11.6 Å². The number of alkyl halides is 3. The van der Waals surface area contributed by atoms with Crippen molar-refractivity contribution in [3.63, 3.8) is 0 Å². The molecule has 0 bridgehead atoms. The SMILES string of the molecule is Cn1nnnc1NC(=O)c1ccc(OC(F)(F)F)c(NC(=O)c2cc(F)cc(F)c2)c1Cl. The van der Waals surface area contributed by atoms with Crippen molar-refractivity contribution in [2.75, 3.05) is 10.6 Å². The van der Waals surface area contributed by atoms with E-state index in [4.69, 9.17) is 11.6 Å². The number of aromatic nitrogens is 4. The Kier molecular flexibility index (Phi) is 6.25. The number of hydrogen-bond acceptors (Lipinski definition) is 6. The zero-order valence-corrected chi connectivity index (χ0v) is 16.4. The molecular weight excluding hydrogens is 467 g/mol. The zero-order chi connectivity index (χ0) is 23.6. The lowest BCUT2D eigenvalue weighted by Crippen LogP contribution is -2.21. The molecule has 0 unspecified atom stereocenters. The molecule has 0 fully saturated rings. The second-order valence-electron chi connectivity index (χ2n) is 6.04. The van der Waals surface area contributed by atoms with Crippen molar-refractivity contribution in [1.82, 2.24) is 20.2 Å². The van der Waals surface area contributed by atoms with Crippen LogP contribution >= 0.6 is 11.6 Å². The molecule has 0 saturated carbocycles. The number of tetrazole rings is 1. The lowest BCUT2D eigenvalue weighted by atomic mass is 10.1. The summed E-state index contributed by atoms with van der Waals surface area (Å²) in [6, 6.07) is 3.42. The lowest BCUT2D eigenvalue weighted by Gasteiger charge is -2.17. The molecule has 9 nitrogen and oxygen atoms in total. The molecule has 0 atom stereocenters. The van der Waals surface area contributed by atoms with Crippen LogP contribution in [-0.2, 0) is 7.05 Å². The average Bonchev–Trinajstić information content (AvgIpc) is 3.07. The second kappa shape index (κ2) is 8.74. The van der Waals surface area contributed by atoms with Crippen molar-refractivity contribution in [2.45, 2.75) is 6.36 Å². The van der Waals surface area contributed by atoms with Crippen molar-refractivity contribution < 1.29 is 36.3 Å². The molecule has 1 aromatic heterocycles. The second-order valence-corrected chi connectivity index (χ2v) is 6.42. The first kappa shape index (κ1) is 22.9. The van der Waals surface area contributed by atoms with E-state index in [0.29, 0.717) is 18.2 Å². The van der Waals surface area contributed by atoms with Gasteiger partial charge in [-0.3, -0.25) is 14.9 Å². The summed E-state index contributed by atoms with van der Waals surface area (Å²) in [6.45, 7) is 0. The first-order valence-electron chi connectivity index (χ1n) is 8.34. The Bertz CT molecular complexity index is 1180. The summed E-state index contributed by atoms with van der Waals surface area (Å²) >= 11 is 6.08. The number of nitrogens with one attached hydrogen (secondary N) is 2. The molecule has 15 heteroatoms. The monoisotopic (exact) mass is 476 g/mol. The topological polar surface area (TPSA) is 111 Å². The highest BCUT2D eigenvalue weighted by molar-refractivity contribution is 6.38. The van der Waals surface area contributed by atoms with E-state index in [0.717, 1.165) is 16.8 Å². The van der Waals surface area contributed by atoms with Crippen molar-refractivity contribution in [3.8, 4) is 5.75 Å². The van der Waals surface area contributed by atoms with Crippen LogP contribution in [0.5, 0.6) is 5.75 Å². The van der Waals surface area contributed by atoms with Crippen LogP contribution in [0.1, 0.15) is 20.7 Å². The lowest BCUT2D eigenvalue weighted by molar-refractivity contribution is -0.274. The fraction of sp³-hybridized carbons (Fsp3) is 0.118. The molecule has 32 heavy (non-hydrogen) atoms. The largest absolute Gasteiger partial charge is 0.573 e. The number of carbonyl (C=O) groups is 2. The Morgan fingerprint density at radius 1 is 1.06 bits per heavy atom. The van der Waals surface area contributed by atoms with Gasteiger partial charge in [-0.05, 0) is 34.7 Å². The van der Waals surface area contributed by atoms with Gasteiger partial charge >= 0.3 is 6.36 Å². The maximum absolute atomic E-state index is 13.4. The molecule has 1 heterocycles. The number of amides is 2. The van der Waals surface area contributed by atoms with Gasteiger partial charge in [-0.1, -0.05) is 16.7 Å². The highest BCUT2D eigenvalue weighted by atomic mass is 35.5. The van der Waals surface area contributed by atoms with Crippen molar-refractivity contribution in [2.24, 2.45) is 7.05 Å². The molecule has 0 aliphatic heterocycles. The summed E-state index contributed by atoms with van der Waals surface area (Å²) in [6.07, 6.45) is -5.18. The number of halogens is 6. The van der Waals surface area contributed by atoms with E-state index in [2.05, 4.69) is 25.6 Å². The Morgan fingerprint density at radius 2 is 1.72 bits per heavy atom. The van der Waals surface area contributed by atoms with E-state index in [1.807, 2.05) is 5.32 Å². The van der Waals surface area contributed by atoms with Gasteiger partial charge in [0.25, 0.3) is 11.8 Å². The number of ether oxygens (including phenoxy) is 1. The number of hydrogen-bond donors (Lipinski definition) is 2. The van der Waals surface area contributed by atoms with E-state index >= 15 is 0 Å². The summed E-state index contributed by atoms with van der Waals surface area (Å²) in [5.41, 5.74) is -1.70. The Hall–Kier alpha value is -3.81. The number of rotatable bonds is 5. The van der Waals surface area contributed by atoms with E-state index in [1.54, 1.807) is 0 Å². The van der Waals surface area contributed by atoms with Crippen molar-refractivity contribution in [3.05, 3.63) is 58.1 Å². The van der Waals surface area contributed by atoms with Crippen molar-refractivity contribution in [1.29, 1.82) is 0 Å². The van der Waals surface area contributed by atoms with Crippen molar-refractivity contribution >= 4 is 35.1 Å². The summed E-state index contributed by atoms with van der Waals surface area (Å²) in [5, 5.41) is 13.9. The Morgan fingerprint density at radius 3 is 2.28 bits per heavy atom. The molecule has 0 aliphatic carbocycles. The average molecular weight is 477 g/mol. The third-order valence-corrected chi connectivity index (χ3v) is 4.18. The van der Waals surface area contributed by atoms with Crippen LogP contribution < -0.4 is 15.4 Å². The summed E-state index contributed by atoms with van der Waals surface area (Å²) < 4.78 is 70.1. The van der Waals surface area contributed by atoms with Gasteiger partial charge in [-0.25, -0.2) is 13.5 Å². The van der Waals surface area contributed by atoms with Crippen LogP contribution in [-0.4, -0.2) is 38.4 Å². The predicted octanol–water partition coefficient (Wildman–Crippen LogP) is 3.54. The zero-order valence-electron chi connectivity index (χ0n) is 15.7. The van der Waals surface area contributed by atoms with Gasteiger partial charge in [-0.2, -0.15) is 0 Å². The van der Waals surface area contributed by atoms with Crippen LogP contribution in [0.25, 0.3) is 0 Å². The normalized spacial score (nSPS) is 11.2. The molecule has 2 N–H and O–H groups in total. The third-order valence-electron chi connectivity index (χ3n) is 3.78. The van der Waals surface area contributed by atoms with E-state index in [-0.39, 0.29) is 11.5 Å². The standard InChI is InChI=1S/C17H10ClF5N6O3/c1-29-16(26-27-28-29)25-15(31)10-2-3-11(32-17(21,22)23)13(12(10)18)24-14(30)7-4-8(19)6-9(20)5-7/h2-6H,1H3,(H,24,30)(H,25,26,28,31). The molecule has 2 amide bonds. The summed E-state index contributed by atoms with van der Waals surface area (Å²) in [7, 11) is 1.40. The molecule has 0 saturated heterocycles. The molecule has 0 radical (unpaired) electrons. The molecular formula is C17H10ClF5N6O3. The Labute approximate surface area is 180 Å². The van der Waals surface area contributed by atoms with Gasteiger partial charge in [0.15, 0.2) is 5.75 Å². The predicted molar refractivity (Wildman–Crippen MR) is 99.2 cm³/mol. The minimum Gasteiger partial charge on any atom is -0.404 e. The van der Waals surface area contributed by atoms with Gasteiger partial charge in [-0.15, -0.1) is 13.2 Å². The van der Waals surface area contributed by atoms with Crippen LogP contribution in [0.2, 0.25) is 5.02 Å². The highest BCUT2D eigenvalue weighted by Gasteiger charge is 2.34. The van der Waals surface area contributed by atoms with E-state index in [9.17, 15) is 31.5 Å². The van der Waals surface area contributed by atoms with Crippen LogP contribution in [0.4, 0.5) is 33.6 Å². The van der Waals surface area contributed by atoms with E-state index < -0.39 is 51.8 Å². The maximum Gasteiger partial charge on any atom is 0.573 e. The number of aryl methyl sites for hydroxylation is 1. The highest BCUT2D eigenvalue weighted by Crippen LogP contribution is 2.38. The van der Waals surface area contributed by atoms with Crippen LogP contribution in [0.3, 0.4) is 0 Å². The first-order valence-corrected chi connectivity index (χ1v) is 8.72. The third kappa shape index (κ3) is 5.26. The molecule has 3 rings (SSSR count). The van der Waals surface area contributed by atoms with Gasteiger partial charge in [0.1, 0.15) is 17.3 Å². The van der Waals surface area contributed by atoms with Gasteiger partial charge in [0.05, 0.1) is 10.6 Å². The Balaban J connectivity index is 2.00. The number of benzene rings is 2. The maximum atomic E-state index is 13.4.